The van der Waals surface area contributed by atoms with E-state index < -0.39 is 0 Å². The lowest BCUT2D eigenvalue weighted by atomic mass is 10.2. The lowest BCUT2D eigenvalue weighted by molar-refractivity contribution is -0.126. The zero-order valence-electron chi connectivity index (χ0n) is 11.6. The van der Waals surface area contributed by atoms with Crippen LogP contribution in [-0.2, 0) is 9.53 Å². The third-order valence-electron chi connectivity index (χ3n) is 2.50. The van der Waals surface area contributed by atoms with Gasteiger partial charge in [-0.15, -0.1) is 0 Å². The highest BCUT2D eigenvalue weighted by molar-refractivity contribution is 5.90. The molecule has 0 aromatic heterocycles. The first-order valence-electron chi connectivity index (χ1n) is 6.25. The van der Waals surface area contributed by atoms with Crippen molar-refractivity contribution >= 4 is 17.6 Å². The number of hydrogen-bond donors (Lipinski definition) is 1. The fourth-order valence-corrected chi connectivity index (χ4v) is 1.34. The smallest absolute Gasteiger partial charge is 0.338 e. The molecule has 1 rings (SSSR count). The number of hydrogen-bond acceptors (Lipinski definition) is 4. The molecule has 104 valence electrons. The standard InChI is InChI=1S/C14H20N2O3/c1-4-9-19-14(18)11-5-7-12(8-6-11)15-10-13(17)16(2)3/h5-8,15H,4,9-10H2,1-3H3. The fraction of sp³-hybridized carbons (Fsp3) is 0.429. The fourth-order valence-electron chi connectivity index (χ4n) is 1.34. The number of esters is 1. The van der Waals surface area contributed by atoms with Crippen LogP contribution in [0.1, 0.15) is 23.7 Å². The summed E-state index contributed by atoms with van der Waals surface area (Å²) >= 11 is 0. The van der Waals surface area contributed by atoms with Gasteiger partial charge in [-0.25, -0.2) is 4.79 Å². The van der Waals surface area contributed by atoms with Gasteiger partial charge in [-0.2, -0.15) is 0 Å². The van der Waals surface area contributed by atoms with Gasteiger partial charge in [0, 0.05) is 19.8 Å². The molecule has 5 heteroatoms. The van der Waals surface area contributed by atoms with Gasteiger partial charge in [0.15, 0.2) is 0 Å². The topological polar surface area (TPSA) is 58.6 Å². The summed E-state index contributed by atoms with van der Waals surface area (Å²) in [4.78, 5) is 24.5. The van der Waals surface area contributed by atoms with E-state index in [2.05, 4.69) is 5.32 Å². The molecule has 0 radical (unpaired) electrons. The van der Waals surface area contributed by atoms with E-state index in [0.717, 1.165) is 12.1 Å². The van der Waals surface area contributed by atoms with E-state index in [1.807, 2.05) is 6.92 Å². The van der Waals surface area contributed by atoms with Crippen LogP contribution in [0.5, 0.6) is 0 Å². The average Bonchev–Trinajstić information content (AvgIpc) is 2.42. The number of ether oxygens (including phenoxy) is 1. The van der Waals surface area contributed by atoms with Gasteiger partial charge in [0.1, 0.15) is 0 Å². The minimum absolute atomic E-state index is 0.00793. The summed E-state index contributed by atoms with van der Waals surface area (Å²) in [5.74, 6) is -0.329. The first-order valence-corrected chi connectivity index (χ1v) is 6.25. The third-order valence-corrected chi connectivity index (χ3v) is 2.50. The van der Waals surface area contributed by atoms with Crippen molar-refractivity contribution in [3.05, 3.63) is 29.8 Å². The molecule has 0 saturated heterocycles. The van der Waals surface area contributed by atoms with Gasteiger partial charge in [0.2, 0.25) is 5.91 Å². The normalized spacial score (nSPS) is 9.84. The van der Waals surface area contributed by atoms with E-state index in [4.69, 9.17) is 4.74 Å². The Hall–Kier alpha value is -2.04. The third kappa shape index (κ3) is 4.99. The van der Waals surface area contributed by atoms with Crippen LogP contribution in [0.2, 0.25) is 0 Å². The number of benzene rings is 1. The number of nitrogens with one attached hydrogen (secondary N) is 1. The first-order chi connectivity index (χ1) is 9.04. The quantitative estimate of drug-likeness (QED) is 0.795. The number of anilines is 1. The molecule has 0 saturated carbocycles. The Labute approximate surface area is 113 Å². The van der Waals surface area contributed by atoms with Crippen LogP contribution < -0.4 is 5.32 Å². The molecule has 1 amide bonds. The second kappa shape index (κ2) is 7.41. The molecule has 0 unspecified atom stereocenters. The van der Waals surface area contributed by atoms with Crippen molar-refractivity contribution in [3.63, 3.8) is 0 Å². The van der Waals surface area contributed by atoms with E-state index in [1.54, 1.807) is 38.4 Å². The second-order valence-electron chi connectivity index (χ2n) is 4.35. The number of nitrogens with zero attached hydrogens (tertiary/aromatic N) is 1. The predicted molar refractivity (Wildman–Crippen MR) is 74.2 cm³/mol. The summed E-state index contributed by atoms with van der Waals surface area (Å²) in [6.45, 7) is 2.60. The highest BCUT2D eigenvalue weighted by Gasteiger charge is 2.07. The summed E-state index contributed by atoms with van der Waals surface area (Å²) in [6, 6.07) is 6.87. The van der Waals surface area contributed by atoms with Gasteiger partial charge in [0.05, 0.1) is 18.7 Å². The highest BCUT2D eigenvalue weighted by atomic mass is 16.5. The zero-order chi connectivity index (χ0) is 14.3. The number of amides is 1. The molecule has 1 N–H and O–H groups in total. The van der Waals surface area contributed by atoms with Crippen LogP contribution in [0.3, 0.4) is 0 Å². The van der Waals surface area contributed by atoms with Gasteiger partial charge in [0.25, 0.3) is 0 Å². The minimum Gasteiger partial charge on any atom is -0.462 e. The maximum atomic E-state index is 11.6. The Morgan fingerprint density at radius 1 is 1.21 bits per heavy atom. The molecular formula is C14H20N2O3. The summed E-state index contributed by atoms with van der Waals surface area (Å²) in [6.07, 6.45) is 0.804. The van der Waals surface area contributed by atoms with Crippen molar-refractivity contribution in [2.75, 3.05) is 32.6 Å². The van der Waals surface area contributed by atoms with Gasteiger partial charge in [-0.05, 0) is 30.7 Å². The van der Waals surface area contributed by atoms with Crippen molar-refractivity contribution in [1.82, 2.24) is 4.90 Å². The van der Waals surface area contributed by atoms with Crippen LogP contribution in [0.25, 0.3) is 0 Å². The van der Waals surface area contributed by atoms with Gasteiger partial charge < -0.3 is 15.0 Å². The van der Waals surface area contributed by atoms with E-state index >= 15 is 0 Å². The lowest BCUT2D eigenvalue weighted by Gasteiger charge is -2.12. The molecule has 0 bridgehead atoms. The molecule has 0 aliphatic heterocycles. The number of rotatable bonds is 6. The number of carbonyl (C=O) groups is 2. The lowest BCUT2D eigenvalue weighted by Crippen LogP contribution is -2.28. The van der Waals surface area contributed by atoms with Crippen molar-refractivity contribution in [2.24, 2.45) is 0 Å². The molecule has 0 heterocycles. The molecular weight excluding hydrogens is 244 g/mol. The van der Waals surface area contributed by atoms with Crippen molar-refractivity contribution in [3.8, 4) is 0 Å². The molecule has 1 aromatic carbocycles. The average molecular weight is 264 g/mol. The summed E-state index contributed by atoms with van der Waals surface area (Å²) in [7, 11) is 3.41. The van der Waals surface area contributed by atoms with E-state index in [-0.39, 0.29) is 18.4 Å². The predicted octanol–water partition coefficient (Wildman–Crippen LogP) is 1.75. The Morgan fingerprint density at radius 2 is 1.84 bits per heavy atom. The molecule has 0 spiro atoms. The van der Waals surface area contributed by atoms with E-state index in [1.165, 1.54) is 4.90 Å². The highest BCUT2D eigenvalue weighted by Crippen LogP contribution is 2.10. The summed E-state index contributed by atoms with van der Waals surface area (Å²) in [5, 5.41) is 2.99. The summed E-state index contributed by atoms with van der Waals surface area (Å²) in [5.41, 5.74) is 1.31. The maximum Gasteiger partial charge on any atom is 0.338 e. The van der Waals surface area contributed by atoms with Gasteiger partial charge >= 0.3 is 5.97 Å². The Kier molecular flexibility index (Phi) is 5.85. The van der Waals surface area contributed by atoms with Crippen LogP contribution in [0.15, 0.2) is 24.3 Å². The second-order valence-corrected chi connectivity index (χ2v) is 4.35. The monoisotopic (exact) mass is 264 g/mol. The molecule has 0 fully saturated rings. The Morgan fingerprint density at radius 3 is 2.37 bits per heavy atom. The van der Waals surface area contributed by atoms with Crippen molar-refractivity contribution in [2.45, 2.75) is 13.3 Å². The molecule has 0 aliphatic rings. The molecule has 0 aliphatic carbocycles. The molecule has 5 nitrogen and oxygen atoms in total. The van der Waals surface area contributed by atoms with Crippen LogP contribution >= 0.6 is 0 Å². The van der Waals surface area contributed by atoms with Crippen LogP contribution in [-0.4, -0.2) is 44.0 Å². The zero-order valence-corrected chi connectivity index (χ0v) is 11.6. The van der Waals surface area contributed by atoms with Crippen molar-refractivity contribution in [1.29, 1.82) is 0 Å². The van der Waals surface area contributed by atoms with Gasteiger partial charge in [-0.3, -0.25) is 4.79 Å². The van der Waals surface area contributed by atoms with E-state index in [0.29, 0.717) is 12.2 Å². The maximum absolute atomic E-state index is 11.6. The largest absolute Gasteiger partial charge is 0.462 e. The molecule has 0 atom stereocenters. The Balaban J connectivity index is 2.52. The first kappa shape index (κ1) is 15.0. The number of likely N-dealkylation sites (N-methyl/N-ethyl adjacent to an activating group) is 1. The summed E-state index contributed by atoms with van der Waals surface area (Å²) < 4.78 is 5.03. The number of carbonyl (C=O) groups excluding carboxylic acids is 2. The minimum atomic E-state index is -0.322. The van der Waals surface area contributed by atoms with Gasteiger partial charge in [-0.1, -0.05) is 6.92 Å². The Bertz CT molecular complexity index is 427. The van der Waals surface area contributed by atoms with Crippen LogP contribution in [0.4, 0.5) is 5.69 Å². The van der Waals surface area contributed by atoms with Crippen LogP contribution in [0, 0.1) is 0 Å². The molecule has 1 aromatic rings. The van der Waals surface area contributed by atoms with Crippen molar-refractivity contribution < 1.29 is 14.3 Å². The van der Waals surface area contributed by atoms with E-state index in [9.17, 15) is 9.59 Å². The SMILES string of the molecule is CCCOC(=O)c1ccc(NCC(=O)N(C)C)cc1. The molecule has 19 heavy (non-hydrogen) atoms.